The van der Waals surface area contributed by atoms with Crippen molar-refractivity contribution in [3.8, 4) is 0 Å². The van der Waals surface area contributed by atoms with Crippen molar-refractivity contribution in [1.29, 1.82) is 0 Å². The van der Waals surface area contributed by atoms with E-state index in [1.165, 1.54) is 0 Å². The minimum atomic E-state index is -0.940. The van der Waals surface area contributed by atoms with Gasteiger partial charge in [0.1, 0.15) is 24.8 Å². The highest BCUT2D eigenvalue weighted by Crippen LogP contribution is 2.60. The maximum absolute atomic E-state index is 12.4. The predicted molar refractivity (Wildman–Crippen MR) is 91.5 cm³/mol. The third-order valence-electron chi connectivity index (χ3n) is 6.84. The summed E-state index contributed by atoms with van der Waals surface area (Å²) in [6, 6.07) is 0. The molecule has 3 fully saturated rings. The maximum atomic E-state index is 12.4. The van der Waals surface area contributed by atoms with Crippen LogP contribution < -0.4 is 0 Å². The highest BCUT2D eigenvalue weighted by molar-refractivity contribution is 5.99. The molecule has 5 heteroatoms. The van der Waals surface area contributed by atoms with Gasteiger partial charge in [-0.15, -0.1) is 0 Å². The second-order valence-corrected chi connectivity index (χ2v) is 8.14. The molecule has 0 bridgehead atoms. The van der Waals surface area contributed by atoms with Gasteiger partial charge in [0.25, 0.3) is 0 Å². The van der Waals surface area contributed by atoms with Crippen LogP contribution >= 0.6 is 0 Å². The summed E-state index contributed by atoms with van der Waals surface area (Å²) in [6.07, 6.45) is 4.97. The Morgan fingerprint density at radius 3 is 2.64 bits per heavy atom. The molecular weight excluding hydrogens is 320 g/mol. The number of fused-ring (bicyclic) bond motifs is 1. The molecule has 0 spiro atoms. The smallest absolute Gasteiger partial charge is 0.336 e. The first-order valence-corrected chi connectivity index (χ1v) is 8.96. The molecule has 3 aliphatic rings. The Morgan fingerprint density at radius 2 is 2.04 bits per heavy atom. The monoisotopic (exact) mass is 346 g/mol. The number of Topliss-reactive ketones (excluding diaryl/α,β-unsaturated/α-hetero) is 1. The molecule has 0 aromatic rings. The summed E-state index contributed by atoms with van der Waals surface area (Å²) >= 11 is 0. The van der Waals surface area contributed by atoms with E-state index in [1.54, 1.807) is 13.0 Å². The van der Waals surface area contributed by atoms with Crippen molar-refractivity contribution < 1.29 is 24.2 Å². The Hall–Kier alpha value is -1.75. The number of allylic oxidation sites excluding steroid dienone is 2. The van der Waals surface area contributed by atoms with E-state index in [4.69, 9.17) is 4.74 Å². The van der Waals surface area contributed by atoms with Crippen LogP contribution in [0.2, 0.25) is 0 Å². The van der Waals surface area contributed by atoms with Crippen LogP contribution in [0.25, 0.3) is 0 Å². The van der Waals surface area contributed by atoms with Crippen molar-refractivity contribution in [2.24, 2.45) is 22.7 Å². The summed E-state index contributed by atoms with van der Waals surface area (Å²) in [5, 5.41) is 9.88. The number of hydrogen-bond donors (Lipinski definition) is 1. The summed E-state index contributed by atoms with van der Waals surface area (Å²) in [5.74, 6) is -0.378. The number of aliphatic hydroxyl groups excluding tert-OH is 1. The summed E-state index contributed by atoms with van der Waals surface area (Å²) in [6.45, 7) is 8.15. The summed E-state index contributed by atoms with van der Waals surface area (Å²) in [4.78, 5) is 35.9. The molecule has 2 aliphatic carbocycles. The Morgan fingerprint density at radius 1 is 1.32 bits per heavy atom. The Balaban J connectivity index is 1.92. The zero-order chi connectivity index (χ0) is 18.4. The number of ketones is 1. The van der Waals surface area contributed by atoms with Gasteiger partial charge in [0.15, 0.2) is 0 Å². The van der Waals surface area contributed by atoms with Crippen molar-refractivity contribution in [3.63, 3.8) is 0 Å². The standard InChI is InChI=1S/C20H26O5/c1-12-4-7-16-19(2,9-8-17(23)20(16,3)11-21)14(12)6-5-13-15(22)10-25-18(13)24/h5,11,14-16,22H,1,4,6-10H2,2-3H3/b13-5+/t14-,15-,16+,19+,20+/m1/s1. The first-order valence-electron chi connectivity index (χ1n) is 8.96. The van der Waals surface area contributed by atoms with Gasteiger partial charge in [0, 0.05) is 6.42 Å². The fraction of sp³-hybridized carbons (Fsp3) is 0.650. The van der Waals surface area contributed by atoms with E-state index >= 15 is 0 Å². The normalized spacial score (nSPS) is 43.1. The number of aldehydes is 1. The van der Waals surface area contributed by atoms with Gasteiger partial charge in [-0.3, -0.25) is 4.79 Å². The number of carbonyl (C=O) groups is 3. The molecule has 3 rings (SSSR count). The lowest BCUT2D eigenvalue weighted by Gasteiger charge is -2.56. The molecule has 0 aromatic carbocycles. The van der Waals surface area contributed by atoms with Gasteiger partial charge in [-0.2, -0.15) is 0 Å². The average molecular weight is 346 g/mol. The molecule has 25 heavy (non-hydrogen) atoms. The van der Waals surface area contributed by atoms with Gasteiger partial charge in [0.2, 0.25) is 0 Å². The zero-order valence-electron chi connectivity index (χ0n) is 14.9. The number of ether oxygens (including phenoxy) is 1. The van der Waals surface area contributed by atoms with Gasteiger partial charge in [-0.25, -0.2) is 4.79 Å². The van der Waals surface area contributed by atoms with Gasteiger partial charge < -0.3 is 14.6 Å². The molecular formula is C20H26O5. The predicted octanol–water partition coefficient (Wildman–Crippen LogP) is 2.38. The molecule has 1 heterocycles. The van der Waals surface area contributed by atoms with E-state index in [9.17, 15) is 19.5 Å². The van der Waals surface area contributed by atoms with Gasteiger partial charge in [-0.05, 0) is 49.9 Å². The lowest BCUT2D eigenvalue weighted by molar-refractivity contribution is -0.151. The number of hydrogen-bond acceptors (Lipinski definition) is 5. The highest BCUT2D eigenvalue weighted by atomic mass is 16.6. The lowest BCUT2D eigenvalue weighted by atomic mass is 9.46. The van der Waals surface area contributed by atoms with Crippen LogP contribution in [-0.4, -0.2) is 35.9 Å². The second-order valence-electron chi connectivity index (χ2n) is 8.14. The van der Waals surface area contributed by atoms with Gasteiger partial charge in [0.05, 0.1) is 11.0 Å². The highest BCUT2D eigenvalue weighted by Gasteiger charge is 2.57. The van der Waals surface area contributed by atoms with Crippen LogP contribution in [-0.2, 0) is 19.1 Å². The van der Waals surface area contributed by atoms with Gasteiger partial charge >= 0.3 is 5.97 Å². The van der Waals surface area contributed by atoms with Crippen molar-refractivity contribution >= 4 is 18.0 Å². The second kappa shape index (κ2) is 6.20. The van der Waals surface area contributed by atoms with Crippen molar-refractivity contribution in [3.05, 3.63) is 23.8 Å². The van der Waals surface area contributed by atoms with Crippen LogP contribution in [0.1, 0.15) is 46.0 Å². The number of carbonyl (C=O) groups excluding carboxylic acids is 3. The van der Waals surface area contributed by atoms with E-state index in [0.717, 1.165) is 31.1 Å². The fourth-order valence-electron chi connectivity index (χ4n) is 5.23. The quantitative estimate of drug-likeness (QED) is 0.279. The molecule has 2 saturated carbocycles. The van der Waals surface area contributed by atoms with E-state index in [1.807, 2.05) is 0 Å². The summed E-state index contributed by atoms with van der Waals surface area (Å²) in [7, 11) is 0. The van der Waals surface area contributed by atoms with Crippen LogP contribution in [0.3, 0.4) is 0 Å². The first-order chi connectivity index (χ1) is 11.7. The molecule has 1 saturated heterocycles. The van der Waals surface area contributed by atoms with E-state index in [-0.39, 0.29) is 29.6 Å². The molecule has 0 aromatic heterocycles. The van der Waals surface area contributed by atoms with Crippen molar-refractivity contribution in [1.82, 2.24) is 0 Å². The molecule has 0 unspecified atom stereocenters. The Kier molecular flexibility index (Phi) is 4.48. The third kappa shape index (κ3) is 2.69. The zero-order valence-corrected chi connectivity index (χ0v) is 14.9. The molecule has 1 aliphatic heterocycles. The SMILES string of the molecule is C=C1CC[C@H]2[C@@](C)(CCC(=O)[C@@]2(C)C=O)[C@@H]1C/C=C1/C(=O)OC[C@H]1O. The molecule has 0 radical (unpaired) electrons. The first kappa shape index (κ1) is 18.1. The van der Waals surface area contributed by atoms with Crippen LogP contribution in [0.5, 0.6) is 0 Å². The number of rotatable bonds is 3. The van der Waals surface area contributed by atoms with E-state index in [2.05, 4.69) is 13.5 Å². The molecule has 5 atom stereocenters. The number of esters is 1. The van der Waals surface area contributed by atoms with Crippen LogP contribution in [0.15, 0.2) is 23.8 Å². The Bertz CT molecular complexity index is 663. The van der Waals surface area contributed by atoms with Gasteiger partial charge in [-0.1, -0.05) is 25.2 Å². The molecule has 5 nitrogen and oxygen atoms in total. The van der Waals surface area contributed by atoms with E-state index < -0.39 is 17.5 Å². The average Bonchev–Trinajstić information content (AvgIpc) is 2.89. The van der Waals surface area contributed by atoms with E-state index in [0.29, 0.717) is 18.4 Å². The number of aliphatic hydroxyl groups is 1. The summed E-state index contributed by atoms with van der Waals surface area (Å²) < 4.78 is 4.87. The maximum Gasteiger partial charge on any atom is 0.336 e. The largest absolute Gasteiger partial charge is 0.459 e. The van der Waals surface area contributed by atoms with Crippen LogP contribution in [0, 0.1) is 22.7 Å². The molecule has 136 valence electrons. The van der Waals surface area contributed by atoms with Crippen molar-refractivity contribution in [2.75, 3.05) is 6.61 Å². The Labute approximate surface area is 148 Å². The minimum Gasteiger partial charge on any atom is -0.459 e. The summed E-state index contributed by atoms with van der Waals surface area (Å²) in [5.41, 5.74) is 0.247. The molecule has 0 amide bonds. The topological polar surface area (TPSA) is 80.7 Å². The number of cyclic esters (lactones) is 1. The minimum absolute atomic E-state index is 0.00782. The lowest BCUT2D eigenvalue weighted by Crippen LogP contribution is -2.55. The van der Waals surface area contributed by atoms with Crippen molar-refractivity contribution in [2.45, 2.75) is 52.1 Å². The molecule has 1 N–H and O–H groups in total. The fourth-order valence-corrected chi connectivity index (χ4v) is 5.23. The van der Waals surface area contributed by atoms with Crippen LogP contribution in [0.4, 0.5) is 0 Å². The third-order valence-corrected chi connectivity index (χ3v) is 6.84.